The van der Waals surface area contributed by atoms with Crippen LogP contribution in [0.2, 0.25) is 0 Å². The lowest BCUT2D eigenvalue weighted by Crippen LogP contribution is -2.22. The fraction of sp³-hybridized carbons (Fsp3) is 0.312. The monoisotopic (exact) mass is 299 g/mol. The van der Waals surface area contributed by atoms with Crippen LogP contribution >= 0.6 is 0 Å². The van der Waals surface area contributed by atoms with Gasteiger partial charge in [0.25, 0.3) is 5.91 Å². The summed E-state index contributed by atoms with van der Waals surface area (Å²) < 4.78 is 0. The molecule has 22 heavy (non-hydrogen) atoms. The van der Waals surface area contributed by atoms with Crippen LogP contribution in [0.1, 0.15) is 16.1 Å². The van der Waals surface area contributed by atoms with Crippen molar-refractivity contribution >= 4 is 17.5 Å². The van der Waals surface area contributed by atoms with E-state index >= 15 is 0 Å². The van der Waals surface area contributed by atoms with Crippen LogP contribution in [-0.2, 0) is 0 Å². The third-order valence-corrected chi connectivity index (χ3v) is 3.04. The molecule has 6 heteroatoms. The summed E-state index contributed by atoms with van der Waals surface area (Å²) in [6.07, 6.45) is 1.58. The van der Waals surface area contributed by atoms with E-state index in [4.69, 9.17) is 0 Å². The summed E-state index contributed by atoms with van der Waals surface area (Å²) in [6, 6.07) is 9.23. The molecule has 0 bridgehead atoms. The topological polar surface area (TPSA) is 70.2 Å². The number of nitrogens with zero attached hydrogens (tertiary/aromatic N) is 3. The lowest BCUT2D eigenvalue weighted by molar-refractivity contribution is 0.102. The van der Waals surface area contributed by atoms with Gasteiger partial charge in [-0.25, -0.2) is 9.97 Å². The summed E-state index contributed by atoms with van der Waals surface area (Å²) >= 11 is 0. The Balaban J connectivity index is 1.99. The lowest BCUT2D eigenvalue weighted by atomic mass is 10.2. The number of amides is 1. The maximum atomic E-state index is 12.2. The van der Waals surface area contributed by atoms with Gasteiger partial charge in [0, 0.05) is 25.0 Å². The van der Waals surface area contributed by atoms with Crippen molar-refractivity contribution in [1.29, 1.82) is 0 Å². The van der Waals surface area contributed by atoms with E-state index in [1.54, 1.807) is 12.3 Å². The van der Waals surface area contributed by atoms with Crippen molar-refractivity contribution < 1.29 is 4.79 Å². The standard InChI is InChI=1S/C16H21N5O/c1-12-4-6-13(7-5-12)19-15(22)14-8-9-17-16(20-14)18-10-11-21(2)3/h4-9H,10-11H2,1-3H3,(H,19,22)(H,17,18,20). The molecule has 2 aromatic rings. The molecule has 1 heterocycles. The van der Waals surface area contributed by atoms with Crippen molar-refractivity contribution in [3.05, 3.63) is 47.8 Å². The fourth-order valence-electron chi connectivity index (χ4n) is 1.79. The van der Waals surface area contributed by atoms with Crippen LogP contribution in [0.3, 0.4) is 0 Å². The zero-order chi connectivity index (χ0) is 15.9. The minimum atomic E-state index is -0.248. The highest BCUT2D eigenvalue weighted by molar-refractivity contribution is 6.02. The van der Waals surface area contributed by atoms with Gasteiger partial charge in [-0.2, -0.15) is 0 Å². The quantitative estimate of drug-likeness (QED) is 0.854. The van der Waals surface area contributed by atoms with Crippen LogP contribution in [0.15, 0.2) is 36.5 Å². The van der Waals surface area contributed by atoms with Crippen LogP contribution in [-0.4, -0.2) is 48.0 Å². The van der Waals surface area contributed by atoms with Crippen molar-refractivity contribution in [1.82, 2.24) is 14.9 Å². The van der Waals surface area contributed by atoms with E-state index in [-0.39, 0.29) is 5.91 Å². The summed E-state index contributed by atoms with van der Waals surface area (Å²) in [5.41, 5.74) is 2.23. The number of aryl methyl sites for hydroxylation is 1. The first-order chi connectivity index (χ1) is 10.5. The Morgan fingerprint density at radius 3 is 2.59 bits per heavy atom. The van der Waals surface area contributed by atoms with Crippen molar-refractivity contribution in [2.75, 3.05) is 37.8 Å². The first-order valence-electron chi connectivity index (χ1n) is 7.14. The first-order valence-corrected chi connectivity index (χ1v) is 7.14. The zero-order valence-electron chi connectivity index (χ0n) is 13.1. The molecule has 0 radical (unpaired) electrons. The number of carbonyl (C=O) groups excluding carboxylic acids is 1. The van der Waals surface area contributed by atoms with Crippen LogP contribution in [0, 0.1) is 6.92 Å². The van der Waals surface area contributed by atoms with E-state index in [1.165, 1.54) is 0 Å². The van der Waals surface area contributed by atoms with Crippen LogP contribution in [0.4, 0.5) is 11.6 Å². The van der Waals surface area contributed by atoms with Gasteiger partial charge in [0.2, 0.25) is 5.95 Å². The van der Waals surface area contributed by atoms with Crippen molar-refractivity contribution in [2.45, 2.75) is 6.92 Å². The molecule has 116 valence electrons. The molecule has 0 aliphatic carbocycles. The Morgan fingerprint density at radius 2 is 1.91 bits per heavy atom. The minimum absolute atomic E-state index is 0.248. The van der Waals surface area contributed by atoms with Gasteiger partial charge >= 0.3 is 0 Å². The number of aromatic nitrogens is 2. The van der Waals surface area contributed by atoms with Gasteiger partial charge in [0.15, 0.2) is 0 Å². The second-order valence-corrected chi connectivity index (χ2v) is 5.32. The minimum Gasteiger partial charge on any atom is -0.353 e. The number of hydrogen-bond acceptors (Lipinski definition) is 5. The Kier molecular flexibility index (Phi) is 5.43. The fourth-order valence-corrected chi connectivity index (χ4v) is 1.79. The molecule has 1 aromatic heterocycles. The number of anilines is 2. The van der Waals surface area contributed by atoms with Gasteiger partial charge in [-0.05, 0) is 39.2 Å². The molecule has 1 amide bonds. The second kappa shape index (κ2) is 7.51. The molecule has 0 spiro atoms. The van der Waals surface area contributed by atoms with Crippen LogP contribution in [0.25, 0.3) is 0 Å². The van der Waals surface area contributed by atoms with E-state index < -0.39 is 0 Å². The highest BCUT2D eigenvalue weighted by Crippen LogP contribution is 2.10. The van der Waals surface area contributed by atoms with Gasteiger partial charge in [-0.1, -0.05) is 17.7 Å². The number of hydrogen-bond donors (Lipinski definition) is 2. The highest BCUT2D eigenvalue weighted by atomic mass is 16.1. The molecule has 2 N–H and O–H groups in total. The zero-order valence-corrected chi connectivity index (χ0v) is 13.1. The second-order valence-electron chi connectivity index (χ2n) is 5.32. The molecule has 0 aliphatic rings. The normalized spacial score (nSPS) is 10.5. The number of nitrogens with one attached hydrogen (secondary N) is 2. The molecule has 0 aliphatic heterocycles. The Morgan fingerprint density at radius 1 is 1.18 bits per heavy atom. The van der Waals surface area contributed by atoms with Gasteiger partial charge in [-0.15, -0.1) is 0 Å². The van der Waals surface area contributed by atoms with Gasteiger partial charge in [0.1, 0.15) is 5.69 Å². The van der Waals surface area contributed by atoms with Crippen molar-refractivity contribution in [3.8, 4) is 0 Å². The highest BCUT2D eigenvalue weighted by Gasteiger charge is 2.09. The van der Waals surface area contributed by atoms with Gasteiger partial charge < -0.3 is 15.5 Å². The number of rotatable bonds is 6. The molecule has 2 rings (SSSR count). The predicted molar refractivity (Wildman–Crippen MR) is 88.2 cm³/mol. The molecule has 6 nitrogen and oxygen atoms in total. The van der Waals surface area contributed by atoms with E-state index in [0.29, 0.717) is 11.6 Å². The van der Waals surface area contributed by atoms with Crippen LogP contribution < -0.4 is 10.6 Å². The molecule has 0 unspecified atom stereocenters. The largest absolute Gasteiger partial charge is 0.353 e. The van der Waals surface area contributed by atoms with Gasteiger partial charge in [-0.3, -0.25) is 4.79 Å². The van der Waals surface area contributed by atoms with Gasteiger partial charge in [0.05, 0.1) is 0 Å². The molecule has 1 aromatic carbocycles. The van der Waals surface area contributed by atoms with E-state index in [2.05, 4.69) is 25.5 Å². The molecule has 0 fully saturated rings. The van der Waals surface area contributed by atoms with Crippen molar-refractivity contribution in [3.63, 3.8) is 0 Å². The average Bonchev–Trinajstić information content (AvgIpc) is 2.49. The first kappa shape index (κ1) is 15.9. The smallest absolute Gasteiger partial charge is 0.274 e. The molecule has 0 atom stereocenters. The molecule has 0 saturated heterocycles. The summed E-state index contributed by atoms with van der Waals surface area (Å²) in [5.74, 6) is 0.209. The maximum Gasteiger partial charge on any atom is 0.274 e. The number of benzene rings is 1. The van der Waals surface area contributed by atoms with Crippen molar-refractivity contribution in [2.24, 2.45) is 0 Å². The Hall–Kier alpha value is -2.47. The summed E-state index contributed by atoms with van der Waals surface area (Å²) in [5, 5.41) is 5.92. The number of carbonyl (C=O) groups is 1. The summed E-state index contributed by atoms with van der Waals surface area (Å²) in [4.78, 5) is 22.6. The SMILES string of the molecule is Cc1ccc(NC(=O)c2ccnc(NCCN(C)C)n2)cc1. The third-order valence-electron chi connectivity index (χ3n) is 3.04. The summed E-state index contributed by atoms with van der Waals surface area (Å²) in [7, 11) is 3.99. The molecule has 0 saturated carbocycles. The average molecular weight is 299 g/mol. The lowest BCUT2D eigenvalue weighted by Gasteiger charge is -2.10. The summed E-state index contributed by atoms with van der Waals surface area (Å²) in [6.45, 7) is 3.58. The van der Waals surface area contributed by atoms with E-state index in [9.17, 15) is 4.79 Å². The van der Waals surface area contributed by atoms with E-state index in [1.807, 2.05) is 45.3 Å². The van der Waals surface area contributed by atoms with E-state index in [0.717, 1.165) is 24.3 Å². The maximum absolute atomic E-state index is 12.2. The Bertz CT molecular complexity index is 625. The molecular formula is C16H21N5O. The third kappa shape index (κ3) is 4.82. The number of likely N-dealkylation sites (N-methyl/N-ethyl adjacent to an activating group) is 1. The Labute approximate surface area is 130 Å². The predicted octanol–water partition coefficient (Wildman–Crippen LogP) is 2.01. The molecular weight excluding hydrogens is 278 g/mol. The van der Waals surface area contributed by atoms with Crippen LogP contribution in [0.5, 0.6) is 0 Å².